The molecule has 0 aliphatic heterocycles. The summed E-state index contributed by atoms with van der Waals surface area (Å²) in [6.45, 7) is 17.4. The second kappa shape index (κ2) is 66.9. The summed E-state index contributed by atoms with van der Waals surface area (Å²) in [5.41, 5.74) is -6.41. The summed E-state index contributed by atoms with van der Waals surface area (Å²) in [5, 5.41) is 85.7. The minimum Gasteiger partial charge on any atom is -0.547 e. The average molecular weight is 1320 g/mol. The Bertz CT molecular complexity index is 1160. The number of carboxylic acids is 4. The normalized spacial score (nSPS) is 11.6. The second-order valence-electron chi connectivity index (χ2n) is 25.4. The number of rotatable bonds is 60. The van der Waals surface area contributed by atoms with Gasteiger partial charge < -0.3 is 60.0 Å². The zero-order chi connectivity index (χ0) is 63.9. The molecule has 4 N–H and O–H groups in total. The molecule has 85 heavy (non-hydrogen) atoms. The van der Waals surface area contributed by atoms with Crippen molar-refractivity contribution in [1.82, 2.24) is 0 Å². The Labute approximate surface area is 542 Å². The minimum absolute atomic E-state index is 0. The van der Waals surface area contributed by atoms with Crippen molar-refractivity contribution >= 4 is 47.8 Å². The molecule has 12 nitrogen and oxygen atoms in total. The standard InChI is InChI=1S/4C18H36O3.Sn/c4*1-3-5-7-9-11-13-15-18(21,17(19)20)16-14-12-10-8-6-4-2;/h4*21H,3-16H2,1-2H3,(H,19,20);/q;;;;+4/p-4. The van der Waals surface area contributed by atoms with Gasteiger partial charge in [-0.3, -0.25) is 0 Å². The first-order valence-corrected chi connectivity index (χ1v) is 36.0. The molecule has 0 atom stereocenters. The molecule has 0 aromatic rings. The van der Waals surface area contributed by atoms with Gasteiger partial charge in [0.05, 0.1) is 23.9 Å². The van der Waals surface area contributed by atoms with E-state index in [4.69, 9.17) is 0 Å². The van der Waals surface area contributed by atoms with Gasteiger partial charge >= 0.3 is 23.9 Å². The van der Waals surface area contributed by atoms with Gasteiger partial charge in [0.2, 0.25) is 0 Å². The van der Waals surface area contributed by atoms with Crippen molar-refractivity contribution < 1.29 is 60.0 Å². The van der Waals surface area contributed by atoms with Crippen molar-refractivity contribution in [3.63, 3.8) is 0 Å². The van der Waals surface area contributed by atoms with Crippen LogP contribution in [0.2, 0.25) is 0 Å². The van der Waals surface area contributed by atoms with E-state index in [1.807, 2.05) is 0 Å². The fraction of sp³-hybridized carbons (Fsp3) is 0.944. The number of carbonyl (C=O) groups is 4. The quantitative estimate of drug-likeness (QED) is 0.0328. The van der Waals surface area contributed by atoms with E-state index in [0.717, 1.165) is 154 Å². The predicted octanol–water partition coefficient (Wildman–Crippen LogP) is 15.5. The van der Waals surface area contributed by atoms with E-state index in [9.17, 15) is 60.0 Å². The fourth-order valence-corrected chi connectivity index (χ4v) is 10.9. The van der Waals surface area contributed by atoms with Crippen LogP contribution in [0, 0.1) is 0 Å². The first kappa shape index (κ1) is 92.2. The van der Waals surface area contributed by atoms with Crippen molar-refractivity contribution in [2.45, 2.75) is 437 Å². The number of aliphatic hydroxyl groups is 4. The zero-order valence-corrected chi connectivity index (χ0v) is 60.0. The number of hydrogen-bond donors (Lipinski definition) is 4. The Morgan fingerprint density at radius 1 is 0.200 bits per heavy atom. The molecule has 13 heteroatoms. The van der Waals surface area contributed by atoms with E-state index in [1.165, 1.54) is 154 Å². The van der Waals surface area contributed by atoms with Crippen molar-refractivity contribution in [2.24, 2.45) is 0 Å². The molecule has 504 valence electrons. The van der Waals surface area contributed by atoms with Crippen molar-refractivity contribution in [1.29, 1.82) is 0 Å². The molecule has 0 saturated carbocycles. The third-order valence-corrected chi connectivity index (χ3v) is 17.1. The van der Waals surface area contributed by atoms with Crippen molar-refractivity contribution in [2.75, 3.05) is 0 Å². The number of carbonyl (C=O) groups excluding carboxylic acids is 4. The Kier molecular flexibility index (Phi) is 72.6. The van der Waals surface area contributed by atoms with E-state index in [-0.39, 0.29) is 23.9 Å². The summed E-state index contributed by atoms with van der Waals surface area (Å²) in [5.74, 6) is -5.15. The molecule has 0 radical (unpaired) electrons. The summed E-state index contributed by atoms with van der Waals surface area (Å²) < 4.78 is 0. The third-order valence-electron chi connectivity index (χ3n) is 17.1. The molecule has 0 aromatic heterocycles. The fourth-order valence-electron chi connectivity index (χ4n) is 10.9. The first-order chi connectivity index (χ1) is 40.3. The van der Waals surface area contributed by atoms with Gasteiger partial charge in [0, 0.05) is 0 Å². The second-order valence-corrected chi connectivity index (χ2v) is 25.4. The first-order valence-electron chi connectivity index (χ1n) is 36.0. The summed E-state index contributed by atoms with van der Waals surface area (Å²) in [6.07, 6.45) is 55.3. The van der Waals surface area contributed by atoms with Gasteiger partial charge in [0.15, 0.2) is 0 Å². The SMILES string of the molecule is CCCCCCCCC(O)(CCCCCCCC)C(=O)[O-].CCCCCCCCC(O)(CCCCCCCC)C(=O)[O-].CCCCCCCCC(O)(CCCCCCCC)C(=O)[O-].CCCCCCCCC(O)(CCCCCCCC)C(=O)[O-].[Sn+4]. The van der Waals surface area contributed by atoms with E-state index < -0.39 is 46.3 Å². The van der Waals surface area contributed by atoms with Gasteiger partial charge in [-0.1, -0.05) is 364 Å². The van der Waals surface area contributed by atoms with Crippen LogP contribution in [0.15, 0.2) is 0 Å². The largest absolute Gasteiger partial charge is 4.00 e. The van der Waals surface area contributed by atoms with Crippen LogP contribution in [0.5, 0.6) is 0 Å². The zero-order valence-electron chi connectivity index (χ0n) is 57.2. The molecule has 0 aliphatic carbocycles. The molecule has 0 spiro atoms. The Hall–Kier alpha value is -1.48. The van der Waals surface area contributed by atoms with Crippen LogP contribution in [0.4, 0.5) is 0 Å². The molecule has 0 heterocycles. The molecule has 0 bridgehead atoms. The Morgan fingerprint density at radius 2 is 0.282 bits per heavy atom. The van der Waals surface area contributed by atoms with E-state index >= 15 is 0 Å². The molecule has 0 unspecified atom stereocenters. The van der Waals surface area contributed by atoms with Gasteiger partial charge in [-0.15, -0.1) is 0 Å². The maximum Gasteiger partial charge on any atom is 4.00 e. The van der Waals surface area contributed by atoms with Crippen LogP contribution >= 0.6 is 0 Å². The van der Waals surface area contributed by atoms with Crippen molar-refractivity contribution in [3.05, 3.63) is 0 Å². The molecule has 0 rings (SSSR count). The van der Waals surface area contributed by atoms with Gasteiger partial charge in [-0.05, 0) is 51.4 Å². The summed E-state index contributed by atoms with van der Waals surface area (Å²) in [4.78, 5) is 44.8. The van der Waals surface area contributed by atoms with E-state index in [1.54, 1.807) is 0 Å². The topological polar surface area (TPSA) is 241 Å². The number of unbranched alkanes of at least 4 members (excludes halogenated alkanes) is 40. The monoisotopic (exact) mass is 1320 g/mol. The number of hydrogen-bond acceptors (Lipinski definition) is 12. The molecule has 0 fully saturated rings. The third kappa shape index (κ3) is 59.9. The van der Waals surface area contributed by atoms with E-state index in [0.29, 0.717) is 51.4 Å². The van der Waals surface area contributed by atoms with Gasteiger partial charge in [-0.2, -0.15) is 0 Å². The van der Waals surface area contributed by atoms with Crippen LogP contribution in [-0.2, 0) is 19.2 Å². The molecule has 0 saturated heterocycles. The van der Waals surface area contributed by atoms with Crippen molar-refractivity contribution in [3.8, 4) is 0 Å². The van der Waals surface area contributed by atoms with Crippen LogP contribution < -0.4 is 20.4 Å². The van der Waals surface area contributed by atoms with Gasteiger partial charge in [-0.25, -0.2) is 0 Å². The summed E-state index contributed by atoms with van der Waals surface area (Å²) in [7, 11) is 0. The predicted molar refractivity (Wildman–Crippen MR) is 350 cm³/mol. The summed E-state index contributed by atoms with van der Waals surface area (Å²) >= 11 is 0. The van der Waals surface area contributed by atoms with Gasteiger partial charge in [0.25, 0.3) is 0 Å². The average Bonchev–Trinajstić information content (AvgIpc) is 3.60. The van der Waals surface area contributed by atoms with Crippen LogP contribution in [0.25, 0.3) is 0 Å². The summed E-state index contributed by atoms with van der Waals surface area (Å²) in [6, 6.07) is 0. The van der Waals surface area contributed by atoms with Gasteiger partial charge in [0.1, 0.15) is 22.4 Å². The van der Waals surface area contributed by atoms with Crippen LogP contribution in [-0.4, -0.2) is 90.6 Å². The minimum atomic E-state index is -1.60. The van der Waals surface area contributed by atoms with Crippen LogP contribution in [0.3, 0.4) is 0 Å². The smallest absolute Gasteiger partial charge is 0.547 e. The Balaban J connectivity index is -0.000000333. The Morgan fingerprint density at radius 3 is 0.365 bits per heavy atom. The maximum absolute atomic E-state index is 11.2. The number of aliphatic carboxylic acids is 4. The maximum atomic E-state index is 11.2. The molecule has 0 aliphatic rings. The molecule has 0 aromatic carbocycles. The molecule has 0 amide bonds. The number of carboxylic acid groups (broad SMARTS) is 4. The van der Waals surface area contributed by atoms with E-state index in [2.05, 4.69) is 55.4 Å². The van der Waals surface area contributed by atoms with Crippen LogP contribution in [0.1, 0.15) is 415 Å². The molecular formula is C72H140O12Sn. The molecular weight excluding hydrogens is 1180 g/mol.